The van der Waals surface area contributed by atoms with Crippen molar-refractivity contribution in [3.8, 4) is 0 Å². The van der Waals surface area contributed by atoms with Crippen molar-refractivity contribution in [2.45, 2.75) is 51.0 Å². The van der Waals surface area contributed by atoms with E-state index in [1.165, 1.54) is 25.7 Å². The molecule has 0 aromatic carbocycles. The molecular weight excluding hydrogens is 136 g/mol. The molecule has 0 radical (unpaired) electrons. The van der Waals surface area contributed by atoms with Gasteiger partial charge in [0.1, 0.15) is 0 Å². The van der Waals surface area contributed by atoms with E-state index in [1.54, 1.807) is 0 Å². The fourth-order valence-corrected chi connectivity index (χ4v) is 3.01. The average molecular weight is 154 g/mol. The van der Waals surface area contributed by atoms with E-state index in [4.69, 9.17) is 0 Å². The predicted molar refractivity (Wildman–Crippen MR) is 45.3 cm³/mol. The number of hydrogen-bond donors (Lipinski definition) is 1. The van der Waals surface area contributed by atoms with Gasteiger partial charge in [-0.1, -0.05) is 19.8 Å². The van der Waals surface area contributed by atoms with Crippen molar-refractivity contribution < 1.29 is 5.11 Å². The Labute approximate surface area is 68.8 Å². The molecule has 0 aromatic rings. The molecule has 0 saturated heterocycles. The molecule has 2 aliphatic carbocycles. The molecule has 3 atom stereocenters. The van der Waals surface area contributed by atoms with Crippen LogP contribution in [0.3, 0.4) is 0 Å². The summed E-state index contributed by atoms with van der Waals surface area (Å²) < 4.78 is 0. The van der Waals surface area contributed by atoms with Gasteiger partial charge in [0, 0.05) is 0 Å². The van der Waals surface area contributed by atoms with Crippen molar-refractivity contribution in [1.82, 2.24) is 0 Å². The Morgan fingerprint density at radius 1 is 1.36 bits per heavy atom. The van der Waals surface area contributed by atoms with E-state index < -0.39 is 0 Å². The van der Waals surface area contributed by atoms with E-state index in [1.807, 2.05) is 0 Å². The first-order valence-corrected chi connectivity index (χ1v) is 4.98. The second-order valence-corrected chi connectivity index (χ2v) is 4.31. The summed E-state index contributed by atoms with van der Waals surface area (Å²) in [6.45, 7) is 2.12. The first kappa shape index (κ1) is 7.60. The van der Waals surface area contributed by atoms with Gasteiger partial charge in [-0.15, -0.1) is 0 Å². The normalized spacial score (nSPS) is 49.6. The topological polar surface area (TPSA) is 20.2 Å². The summed E-state index contributed by atoms with van der Waals surface area (Å²) >= 11 is 0. The smallest absolute Gasteiger partial charge is 0.0678 e. The van der Waals surface area contributed by atoms with Gasteiger partial charge in [0.05, 0.1) is 5.60 Å². The highest BCUT2D eigenvalue weighted by Crippen LogP contribution is 2.53. The van der Waals surface area contributed by atoms with Crippen LogP contribution in [0.1, 0.15) is 45.4 Å². The number of hydrogen-bond acceptors (Lipinski definition) is 1. The molecule has 0 heterocycles. The van der Waals surface area contributed by atoms with Crippen molar-refractivity contribution in [1.29, 1.82) is 0 Å². The Kier molecular flexibility index (Phi) is 1.71. The Hall–Kier alpha value is -0.0400. The fourth-order valence-electron chi connectivity index (χ4n) is 3.01. The minimum Gasteiger partial charge on any atom is -0.390 e. The highest BCUT2D eigenvalue weighted by Gasteiger charge is 2.51. The maximum Gasteiger partial charge on any atom is 0.0678 e. The van der Waals surface area contributed by atoms with Gasteiger partial charge in [0.15, 0.2) is 0 Å². The molecule has 0 spiro atoms. The molecule has 1 heteroatoms. The second-order valence-electron chi connectivity index (χ2n) is 4.31. The Morgan fingerprint density at radius 3 is 2.73 bits per heavy atom. The summed E-state index contributed by atoms with van der Waals surface area (Å²) in [5, 5.41) is 10.0. The van der Waals surface area contributed by atoms with Crippen LogP contribution in [0, 0.1) is 11.8 Å². The van der Waals surface area contributed by atoms with E-state index in [0.29, 0.717) is 5.92 Å². The first-order valence-electron chi connectivity index (χ1n) is 4.98. The average Bonchev–Trinajstić information content (AvgIpc) is 2.02. The lowest BCUT2D eigenvalue weighted by Crippen LogP contribution is -2.54. The van der Waals surface area contributed by atoms with Crippen LogP contribution in [-0.4, -0.2) is 10.7 Å². The van der Waals surface area contributed by atoms with Crippen LogP contribution in [0.2, 0.25) is 0 Å². The van der Waals surface area contributed by atoms with Crippen molar-refractivity contribution in [2.75, 3.05) is 0 Å². The number of rotatable bonds is 1. The van der Waals surface area contributed by atoms with E-state index in [0.717, 1.165) is 18.8 Å². The summed E-state index contributed by atoms with van der Waals surface area (Å²) in [5.74, 6) is 1.55. The standard InChI is InChI=1S/C10H18O/c1-2-10(11)7-8-5-3-4-6-9(8)10/h8-9,11H,2-7H2,1H3. The SMILES string of the molecule is CCC1(O)CC2CCCCC21. The summed E-state index contributed by atoms with van der Waals surface area (Å²) in [7, 11) is 0. The van der Waals surface area contributed by atoms with Crippen LogP contribution in [0.25, 0.3) is 0 Å². The van der Waals surface area contributed by atoms with Gasteiger partial charge in [-0.25, -0.2) is 0 Å². The highest BCUT2D eigenvalue weighted by molar-refractivity contribution is 5.02. The van der Waals surface area contributed by atoms with Crippen LogP contribution in [-0.2, 0) is 0 Å². The van der Waals surface area contributed by atoms with Gasteiger partial charge >= 0.3 is 0 Å². The molecular formula is C10H18O. The summed E-state index contributed by atoms with van der Waals surface area (Å²) in [4.78, 5) is 0. The molecule has 0 bridgehead atoms. The van der Waals surface area contributed by atoms with Crippen LogP contribution in [0.5, 0.6) is 0 Å². The molecule has 1 N–H and O–H groups in total. The molecule has 11 heavy (non-hydrogen) atoms. The van der Waals surface area contributed by atoms with Gasteiger partial charge in [0.2, 0.25) is 0 Å². The molecule has 2 fully saturated rings. The molecule has 2 rings (SSSR count). The zero-order valence-electron chi connectivity index (χ0n) is 7.34. The molecule has 3 unspecified atom stereocenters. The molecule has 64 valence electrons. The molecule has 2 saturated carbocycles. The van der Waals surface area contributed by atoms with Crippen LogP contribution in [0.15, 0.2) is 0 Å². The molecule has 2 aliphatic rings. The number of fused-ring (bicyclic) bond motifs is 1. The lowest BCUT2D eigenvalue weighted by Gasteiger charge is -2.54. The van der Waals surface area contributed by atoms with Gasteiger partial charge in [-0.05, 0) is 37.5 Å². The highest BCUT2D eigenvalue weighted by atomic mass is 16.3. The maximum absolute atomic E-state index is 10.0. The molecule has 0 aromatic heterocycles. The number of aliphatic hydroxyl groups is 1. The third kappa shape index (κ3) is 1.01. The Morgan fingerprint density at radius 2 is 2.09 bits per heavy atom. The molecule has 0 aliphatic heterocycles. The lowest BCUT2D eigenvalue weighted by molar-refractivity contribution is -0.155. The predicted octanol–water partition coefficient (Wildman–Crippen LogP) is 2.34. The monoisotopic (exact) mass is 154 g/mol. The van der Waals surface area contributed by atoms with Gasteiger partial charge in [0.25, 0.3) is 0 Å². The zero-order chi connectivity index (χ0) is 7.90. The zero-order valence-corrected chi connectivity index (χ0v) is 7.34. The van der Waals surface area contributed by atoms with Crippen molar-refractivity contribution in [3.05, 3.63) is 0 Å². The summed E-state index contributed by atoms with van der Waals surface area (Å²) in [5.41, 5.74) is -0.245. The second kappa shape index (κ2) is 2.48. The minimum absolute atomic E-state index is 0.245. The Balaban J connectivity index is 2.00. The summed E-state index contributed by atoms with van der Waals surface area (Å²) in [6, 6.07) is 0. The van der Waals surface area contributed by atoms with E-state index in [2.05, 4.69) is 6.92 Å². The minimum atomic E-state index is -0.245. The first-order chi connectivity index (χ1) is 5.26. The van der Waals surface area contributed by atoms with Gasteiger partial charge in [-0.2, -0.15) is 0 Å². The van der Waals surface area contributed by atoms with E-state index in [-0.39, 0.29) is 5.60 Å². The lowest BCUT2D eigenvalue weighted by atomic mass is 9.55. The van der Waals surface area contributed by atoms with Crippen molar-refractivity contribution in [2.24, 2.45) is 11.8 Å². The molecule has 0 amide bonds. The third-order valence-corrected chi connectivity index (χ3v) is 3.83. The largest absolute Gasteiger partial charge is 0.390 e. The Bertz CT molecular complexity index is 155. The quantitative estimate of drug-likeness (QED) is 0.614. The van der Waals surface area contributed by atoms with Crippen LogP contribution < -0.4 is 0 Å². The van der Waals surface area contributed by atoms with E-state index >= 15 is 0 Å². The van der Waals surface area contributed by atoms with Crippen LogP contribution >= 0.6 is 0 Å². The summed E-state index contributed by atoms with van der Waals surface area (Å²) in [6.07, 6.45) is 7.48. The van der Waals surface area contributed by atoms with Crippen LogP contribution in [0.4, 0.5) is 0 Å². The van der Waals surface area contributed by atoms with Crippen molar-refractivity contribution >= 4 is 0 Å². The third-order valence-electron chi connectivity index (χ3n) is 3.83. The van der Waals surface area contributed by atoms with E-state index in [9.17, 15) is 5.11 Å². The molecule has 1 nitrogen and oxygen atoms in total. The van der Waals surface area contributed by atoms with Gasteiger partial charge < -0.3 is 5.11 Å². The van der Waals surface area contributed by atoms with Crippen molar-refractivity contribution in [3.63, 3.8) is 0 Å². The fraction of sp³-hybridized carbons (Fsp3) is 1.00. The maximum atomic E-state index is 10.0. The van der Waals surface area contributed by atoms with Gasteiger partial charge in [-0.3, -0.25) is 0 Å².